The zero-order valence-electron chi connectivity index (χ0n) is 12.2. The maximum absolute atomic E-state index is 5.98. The van der Waals surface area contributed by atoms with Crippen LogP contribution in [0.25, 0.3) is 0 Å². The van der Waals surface area contributed by atoms with Crippen molar-refractivity contribution in [3.05, 3.63) is 11.8 Å². The van der Waals surface area contributed by atoms with Gasteiger partial charge in [0.2, 0.25) is 11.8 Å². The monoisotopic (exact) mass is 269 g/mol. The highest BCUT2D eigenvalue weighted by molar-refractivity contribution is 4.88. The highest BCUT2D eigenvalue weighted by atomic mass is 16.5. The van der Waals surface area contributed by atoms with Crippen molar-refractivity contribution in [1.29, 1.82) is 0 Å². The Morgan fingerprint density at radius 1 is 1.37 bits per heavy atom. The molecule has 0 bridgehead atoms. The molecule has 1 fully saturated rings. The molecule has 1 aromatic rings. The topological polar surface area (TPSA) is 60.6 Å². The molecule has 2 rings (SSSR count). The van der Waals surface area contributed by atoms with Gasteiger partial charge in [0.25, 0.3) is 0 Å². The molecule has 0 N–H and O–H groups in total. The van der Waals surface area contributed by atoms with E-state index in [9.17, 15) is 0 Å². The van der Waals surface area contributed by atoms with Gasteiger partial charge < -0.3 is 13.9 Å². The van der Waals surface area contributed by atoms with E-state index in [1.807, 2.05) is 6.92 Å². The van der Waals surface area contributed by atoms with Crippen LogP contribution in [0.2, 0.25) is 0 Å². The molecule has 0 amide bonds. The lowest BCUT2D eigenvalue weighted by atomic mass is 10.1. The van der Waals surface area contributed by atoms with Crippen molar-refractivity contribution in [1.82, 2.24) is 15.1 Å². The number of rotatable bonds is 5. The second-order valence-corrected chi connectivity index (χ2v) is 5.57. The van der Waals surface area contributed by atoms with Crippen LogP contribution in [-0.4, -0.2) is 53.6 Å². The molecule has 19 heavy (non-hydrogen) atoms. The summed E-state index contributed by atoms with van der Waals surface area (Å²) in [6.07, 6.45) is 0.857. The number of aryl methyl sites for hydroxylation is 1. The molecule has 0 spiro atoms. The molecule has 1 aromatic heterocycles. The summed E-state index contributed by atoms with van der Waals surface area (Å²) in [6.45, 7) is 9.12. The van der Waals surface area contributed by atoms with Crippen LogP contribution in [0.4, 0.5) is 0 Å². The van der Waals surface area contributed by atoms with Gasteiger partial charge in [-0.1, -0.05) is 6.92 Å². The van der Waals surface area contributed by atoms with E-state index >= 15 is 0 Å². The van der Waals surface area contributed by atoms with Gasteiger partial charge in [0, 0.05) is 26.6 Å². The van der Waals surface area contributed by atoms with Crippen LogP contribution in [0, 0.1) is 0 Å². The molecule has 2 heterocycles. The number of hydrogen-bond acceptors (Lipinski definition) is 6. The van der Waals surface area contributed by atoms with E-state index in [0.717, 1.165) is 19.5 Å². The third kappa shape index (κ3) is 3.99. The van der Waals surface area contributed by atoms with Gasteiger partial charge in [0.1, 0.15) is 0 Å². The fourth-order valence-electron chi connectivity index (χ4n) is 2.50. The van der Waals surface area contributed by atoms with Crippen LogP contribution in [0.1, 0.15) is 32.6 Å². The van der Waals surface area contributed by atoms with Crippen LogP contribution < -0.4 is 0 Å². The molecular formula is C13H23N3O3. The number of nitrogens with zero attached hydrogens (tertiary/aromatic N) is 3. The zero-order chi connectivity index (χ0) is 13.9. The lowest BCUT2D eigenvalue weighted by Gasteiger charge is -2.42. The van der Waals surface area contributed by atoms with Crippen molar-refractivity contribution in [2.24, 2.45) is 0 Å². The Hall–Kier alpha value is -0.980. The third-order valence-corrected chi connectivity index (χ3v) is 3.07. The first kappa shape index (κ1) is 14.4. The molecule has 0 aliphatic carbocycles. The molecule has 0 radical (unpaired) electrons. The van der Waals surface area contributed by atoms with E-state index in [4.69, 9.17) is 13.9 Å². The Bertz CT molecular complexity index is 406. The quantitative estimate of drug-likeness (QED) is 0.802. The molecule has 0 aromatic carbocycles. The maximum atomic E-state index is 5.98. The van der Waals surface area contributed by atoms with Gasteiger partial charge in [-0.15, -0.1) is 10.2 Å². The number of aromatic nitrogens is 2. The second kappa shape index (κ2) is 5.98. The molecule has 1 saturated heterocycles. The van der Waals surface area contributed by atoms with Gasteiger partial charge >= 0.3 is 0 Å². The number of hydrogen-bond donors (Lipinski definition) is 0. The minimum Gasteiger partial charge on any atom is -0.424 e. The average Bonchev–Trinajstić information content (AvgIpc) is 2.75. The summed E-state index contributed by atoms with van der Waals surface area (Å²) in [5, 5.41) is 8.06. The molecule has 6 nitrogen and oxygen atoms in total. The van der Waals surface area contributed by atoms with Gasteiger partial charge in [-0.3, -0.25) is 4.90 Å². The summed E-state index contributed by atoms with van der Waals surface area (Å²) < 4.78 is 16.7. The molecule has 1 unspecified atom stereocenters. The number of ether oxygens (including phenoxy) is 2. The lowest BCUT2D eigenvalue weighted by molar-refractivity contribution is -0.155. The average molecular weight is 269 g/mol. The van der Waals surface area contributed by atoms with E-state index in [-0.39, 0.29) is 11.7 Å². The Labute approximate surface area is 114 Å². The van der Waals surface area contributed by atoms with Gasteiger partial charge in [0.15, 0.2) is 0 Å². The van der Waals surface area contributed by atoms with Crippen molar-refractivity contribution < 1.29 is 13.9 Å². The van der Waals surface area contributed by atoms with Gasteiger partial charge in [-0.2, -0.15) is 0 Å². The SMILES string of the molecule is CCc1nnc(CN2CC(COC)OC(C)(C)C2)o1. The molecule has 1 aliphatic rings. The Balaban J connectivity index is 1.98. The third-order valence-electron chi connectivity index (χ3n) is 3.07. The van der Waals surface area contributed by atoms with Crippen molar-refractivity contribution in [2.45, 2.75) is 45.4 Å². The van der Waals surface area contributed by atoms with Crippen LogP contribution in [-0.2, 0) is 22.4 Å². The summed E-state index contributed by atoms with van der Waals surface area (Å²) in [7, 11) is 1.70. The first-order valence-electron chi connectivity index (χ1n) is 6.73. The van der Waals surface area contributed by atoms with E-state index in [1.54, 1.807) is 7.11 Å². The largest absolute Gasteiger partial charge is 0.424 e. The van der Waals surface area contributed by atoms with Crippen LogP contribution in [0.15, 0.2) is 4.42 Å². The zero-order valence-corrected chi connectivity index (χ0v) is 12.2. The smallest absolute Gasteiger partial charge is 0.230 e. The molecule has 0 saturated carbocycles. The van der Waals surface area contributed by atoms with Crippen LogP contribution in [0.5, 0.6) is 0 Å². The van der Waals surface area contributed by atoms with Crippen LogP contribution >= 0.6 is 0 Å². The highest BCUT2D eigenvalue weighted by Gasteiger charge is 2.33. The van der Waals surface area contributed by atoms with E-state index in [0.29, 0.717) is 24.9 Å². The minimum atomic E-state index is -0.185. The highest BCUT2D eigenvalue weighted by Crippen LogP contribution is 2.22. The summed E-state index contributed by atoms with van der Waals surface area (Å²) >= 11 is 0. The van der Waals surface area contributed by atoms with E-state index in [1.165, 1.54) is 0 Å². The maximum Gasteiger partial charge on any atom is 0.230 e. The van der Waals surface area contributed by atoms with Crippen molar-refractivity contribution in [2.75, 3.05) is 26.8 Å². The van der Waals surface area contributed by atoms with Gasteiger partial charge in [-0.25, -0.2) is 0 Å². The van der Waals surface area contributed by atoms with Gasteiger partial charge in [0.05, 0.1) is 24.9 Å². The number of methoxy groups -OCH3 is 1. The fraction of sp³-hybridized carbons (Fsp3) is 0.846. The van der Waals surface area contributed by atoms with Crippen molar-refractivity contribution in [3.63, 3.8) is 0 Å². The van der Waals surface area contributed by atoms with Crippen molar-refractivity contribution in [3.8, 4) is 0 Å². The second-order valence-electron chi connectivity index (χ2n) is 5.57. The minimum absolute atomic E-state index is 0.0855. The Morgan fingerprint density at radius 2 is 2.11 bits per heavy atom. The summed E-state index contributed by atoms with van der Waals surface area (Å²) in [5.74, 6) is 1.36. The first-order valence-corrected chi connectivity index (χ1v) is 6.73. The number of morpholine rings is 1. The predicted octanol–water partition coefficient (Wildman–Crippen LogP) is 1.26. The first-order chi connectivity index (χ1) is 9.02. The molecule has 6 heteroatoms. The predicted molar refractivity (Wildman–Crippen MR) is 69.8 cm³/mol. The Morgan fingerprint density at radius 3 is 2.74 bits per heavy atom. The summed E-state index contributed by atoms with van der Waals surface area (Å²) in [5.41, 5.74) is -0.185. The Kier molecular flexibility index (Phi) is 4.54. The summed E-state index contributed by atoms with van der Waals surface area (Å²) in [4.78, 5) is 2.28. The molecule has 108 valence electrons. The van der Waals surface area contributed by atoms with E-state index in [2.05, 4.69) is 28.9 Å². The fourth-order valence-corrected chi connectivity index (χ4v) is 2.50. The van der Waals surface area contributed by atoms with Crippen molar-refractivity contribution >= 4 is 0 Å². The molecule has 1 atom stereocenters. The van der Waals surface area contributed by atoms with E-state index < -0.39 is 0 Å². The summed E-state index contributed by atoms with van der Waals surface area (Å²) in [6, 6.07) is 0. The standard InChI is InChI=1S/C13H23N3O3/c1-5-11-14-15-12(18-11)7-16-6-10(8-17-4)19-13(2,3)9-16/h10H,5-9H2,1-4H3. The lowest BCUT2D eigenvalue weighted by Crippen LogP contribution is -2.53. The normalized spacial score (nSPS) is 23.7. The molecule has 1 aliphatic heterocycles. The molecular weight excluding hydrogens is 246 g/mol. The van der Waals surface area contributed by atoms with Crippen LogP contribution in [0.3, 0.4) is 0 Å². The van der Waals surface area contributed by atoms with Gasteiger partial charge in [-0.05, 0) is 13.8 Å².